The smallest absolute Gasteiger partial charge is 0.251 e. The molecule has 0 aliphatic heterocycles. The van der Waals surface area contributed by atoms with Crippen molar-refractivity contribution in [3.8, 4) is 0 Å². The molecule has 1 rings (SSSR count). The van der Waals surface area contributed by atoms with Gasteiger partial charge in [-0.3, -0.25) is 4.79 Å². The van der Waals surface area contributed by atoms with Crippen molar-refractivity contribution in [2.45, 2.75) is 13.0 Å². The fourth-order valence-electron chi connectivity index (χ4n) is 1.08. The molecule has 0 fully saturated rings. The first-order valence-corrected chi connectivity index (χ1v) is 5.22. The van der Waals surface area contributed by atoms with Gasteiger partial charge in [-0.15, -0.1) is 0 Å². The summed E-state index contributed by atoms with van der Waals surface area (Å²) < 4.78 is 0. The molecule has 0 saturated carbocycles. The number of nitrogens with one attached hydrogen (secondary N) is 2. The summed E-state index contributed by atoms with van der Waals surface area (Å²) in [6.45, 7) is 2.60. The van der Waals surface area contributed by atoms with Gasteiger partial charge in [0.25, 0.3) is 5.91 Å². The van der Waals surface area contributed by atoms with Gasteiger partial charge in [0, 0.05) is 23.2 Å². The molecular weight excluding hydrogens is 212 g/mol. The van der Waals surface area contributed by atoms with E-state index in [-0.39, 0.29) is 11.9 Å². The Morgan fingerprint density at radius 2 is 2.27 bits per heavy atom. The number of carbonyl (C=O) groups is 1. The number of amides is 1. The Hall–Kier alpha value is -1.06. The van der Waals surface area contributed by atoms with Crippen LogP contribution in [-0.4, -0.2) is 25.5 Å². The van der Waals surface area contributed by atoms with Gasteiger partial charge in [-0.25, -0.2) is 0 Å². The van der Waals surface area contributed by atoms with Crippen molar-refractivity contribution in [3.05, 3.63) is 34.9 Å². The third-order valence-electron chi connectivity index (χ3n) is 2.15. The molecule has 1 amide bonds. The van der Waals surface area contributed by atoms with E-state index in [1.807, 2.05) is 14.0 Å². The molecule has 1 atom stereocenters. The highest BCUT2D eigenvalue weighted by Crippen LogP contribution is 2.10. The van der Waals surface area contributed by atoms with Crippen molar-refractivity contribution in [3.63, 3.8) is 0 Å². The number of halogens is 1. The Bertz CT molecular complexity index is 341. The summed E-state index contributed by atoms with van der Waals surface area (Å²) >= 11 is 5.79. The fraction of sp³-hybridized carbons (Fsp3) is 0.364. The molecule has 82 valence electrons. The van der Waals surface area contributed by atoms with E-state index < -0.39 is 0 Å². The fourth-order valence-corrected chi connectivity index (χ4v) is 1.27. The highest BCUT2D eigenvalue weighted by molar-refractivity contribution is 6.30. The van der Waals surface area contributed by atoms with Crippen LogP contribution in [0.4, 0.5) is 0 Å². The second-order valence-corrected chi connectivity index (χ2v) is 3.85. The molecule has 0 spiro atoms. The highest BCUT2D eigenvalue weighted by Gasteiger charge is 2.06. The summed E-state index contributed by atoms with van der Waals surface area (Å²) in [5, 5.41) is 6.43. The van der Waals surface area contributed by atoms with Crippen LogP contribution in [0.5, 0.6) is 0 Å². The van der Waals surface area contributed by atoms with Gasteiger partial charge >= 0.3 is 0 Å². The maximum absolute atomic E-state index is 11.6. The van der Waals surface area contributed by atoms with Gasteiger partial charge < -0.3 is 10.6 Å². The lowest BCUT2D eigenvalue weighted by Gasteiger charge is -2.11. The second-order valence-electron chi connectivity index (χ2n) is 3.41. The largest absolute Gasteiger partial charge is 0.350 e. The van der Waals surface area contributed by atoms with Crippen LogP contribution in [0.3, 0.4) is 0 Å². The molecule has 1 aromatic rings. The first-order chi connectivity index (χ1) is 7.13. The van der Waals surface area contributed by atoms with Crippen molar-refractivity contribution < 1.29 is 4.79 Å². The minimum absolute atomic E-state index is 0.0976. The van der Waals surface area contributed by atoms with E-state index in [0.717, 1.165) is 0 Å². The molecule has 0 heterocycles. The van der Waals surface area contributed by atoms with E-state index in [0.29, 0.717) is 17.1 Å². The number of carbonyl (C=O) groups excluding carboxylic acids is 1. The molecule has 0 bridgehead atoms. The van der Waals surface area contributed by atoms with Gasteiger partial charge in [-0.1, -0.05) is 17.7 Å². The number of benzene rings is 1. The zero-order valence-corrected chi connectivity index (χ0v) is 9.64. The first-order valence-electron chi connectivity index (χ1n) is 4.84. The standard InChI is InChI=1S/C11H15ClN2O/c1-8(13-2)7-14-11(15)9-4-3-5-10(12)6-9/h3-6,8,13H,7H2,1-2H3,(H,14,15). The monoisotopic (exact) mass is 226 g/mol. The summed E-state index contributed by atoms with van der Waals surface area (Å²) in [5.74, 6) is -0.0976. The zero-order chi connectivity index (χ0) is 11.3. The molecule has 2 N–H and O–H groups in total. The van der Waals surface area contributed by atoms with Crippen molar-refractivity contribution >= 4 is 17.5 Å². The average Bonchev–Trinajstić information content (AvgIpc) is 2.25. The number of rotatable bonds is 4. The Kier molecular flexibility index (Phi) is 4.59. The van der Waals surface area contributed by atoms with Crippen LogP contribution in [0.2, 0.25) is 5.02 Å². The molecule has 15 heavy (non-hydrogen) atoms. The van der Waals surface area contributed by atoms with Crippen LogP contribution in [-0.2, 0) is 0 Å². The molecule has 0 aliphatic rings. The summed E-state index contributed by atoms with van der Waals surface area (Å²) in [4.78, 5) is 11.6. The maximum Gasteiger partial charge on any atom is 0.251 e. The van der Waals surface area contributed by atoms with Crippen molar-refractivity contribution in [2.75, 3.05) is 13.6 Å². The van der Waals surface area contributed by atoms with Crippen LogP contribution in [0.25, 0.3) is 0 Å². The van der Waals surface area contributed by atoms with Gasteiger partial charge in [0.15, 0.2) is 0 Å². The van der Waals surface area contributed by atoms with E-state index in [2.05, 4.69) is 10.6 Å². The molecule has 0 radical (unpaired) electrons. The van der Waals surface area contributed by atoms with E-state index in [4.69, 9.17) is 11.6 Å². The zero-order valence-electron chi connectivity index (χ0n) is 8.88. The molecule has 0 aliphatic carbocycles. The van der Waals surface area contributed by atoms with Crippen molar-refractivity contribution in [1.29, 1.82) is 0 Å². The van der Waals surface area contributed by atoms with Gasteiger partial charge in [0.1, 0.15) is 0 Å². The van der Waals surface area contributed by atoms with Crippen LogP contribution >= 0.6 is 11.6 Å². The molecule has 3 nitrogen and oxygen atoms in total. The minimum atomic E-state index is -0.0976. The molecule has 1 unspecified atom stereocenters. The minimum Gasteiger partial charge on any atom is -0.350 e. The predicted octanol–water partition coefficient (Wildman–Crippen LogP) is 1.68. The normalized spacial score (nSPS) is 12.2. The van der Waals surface area contributed by atoms with Crippen LogP contribution in [0, 0.1) is 0 Å². The Morgan fingerprint density at radius 1 is 1.53 bits per heavy atom. The van der Waals surface area contributed by atoms with Gasteiger partial charge in [0.05, 0.1) is 0 Å². The highest BCUT2D eigenvalue weighted by atomic mass is 35.5. The first kappa shape index (κ1) is 12.0. The Balaban J connectivity index is 2.54. The summed E-state index contributed by atoms with van der Waals surface area (Å²) in [6.07, 6.45) is 0. The number of hydrogen-bond acceptors (Lipinski definition) is 2. The summed E-state index contributed by atoms with van der Waals surface area (Å²) in [5.41, 5.74) is 0.589. The van der Waals surface area contributed by atoms with E-state index in [1.165, 1.54) is 0 Å². The third kappa shape index (κ3) is 3.90. The van der Waals surface area contributed by atoms with E-state index in [1.54, 1.807) is 24.3 Å². The lowest BCUT2D eigenvalue weighted by atomic mass is 10.2. The van der Waals surface area contributed by atoms with Gasteiger partial charge in [-0.2, -0.15) is 0 Å². The lowest BCUT2D eigenvalue weighted by Crippen LogP contribution is -2.37. The number of likely N-dealkylation sites (N-methyl/N-ethyl adjacent to an activating group) is 1. The Morgan fingerprint density at radius 3 is 2.87 bits per heavy atom. The SMILES string of the molecule is CNC(C)CNC(=O)c1cccc(Cl)c1. The van der Waals surface area contributed by atoms with Crippen LogP contribution in [0.1, 0.15) is 17.3 Å². The van der Waals surface area contributed by atoms with Crippen LogP contribution in [0.15, 0.2) is 24.3 Å². The van der Waals surface area contributed by atoms with E-state index in [9.17, 15) is 4.79 Å². The lowest BCUT2D eigenvalue weighted by molar-refractivity contribution is 0.0950. The summed E-state index contributed by atoms with van der Waals surface area (Å²) in [6, 6.07) is 7.16. The van der Waals surface area contributed by atoms with E-state index >= 15 is 0 Å². The van der Waals surface area contributed by atoms with Gasteiger partial charge in [-0.05, 0) is 32.2 Å². The molecule has 4 heteroatoms. The quantitative estimate of drug-likeness (QED) is 0.820. The van der Waals surface area contributed by atoms with Crippen LogP contribution < -0.4 is 10.6 Å². The Labute approximate surface area is 94.8 Å². The van der Waals surface area contributed by atoms with Gasteiger partial charge in [0.2, 0.25) is 0 Å². The molecular formula is C11H15ClN2O. The van der Waals surface area contributed by atoms with Crippen molar-refractivity contribution in [1.82, 2.24) is 10.6 Å². The summed E-state index contributed by atoms with van der Waals surface area (Å²) in [7, 11) is 1.86. The van der Waals surface area contributed by atoms with Crippen molar-refractivity contribution in [2.24, 2.45) is 0 Å². The second kappa shape index (κ2) is 5.73. The molecule has 0 aromatic heterocycles. The topological polar surface area (TPSA) is 41.1 Å². The maximum atomic E-state index is 11.6. The number of hydrogen-bond donors (Lipinski definition) is 2. The molecule has 0 saturated heterocycles. The molecule has 1 aromatic carbocycles. The average molecular weight is 227 g/mol. The third-order valence-corrected chi connectivity index (χ3v) is 2.38. The predicted molar refractivity (Wildman–Crippen MR) is 62.3 cm³/mol.